The minimum Gasteiger partial charge on any atom is -0.378 e. The lowest BCUT2D eigenvalue weighted by Crippen LogP contribution is -2.69. The van der Waals surface area contributed by atoms with Crippen molar-refractivity contribution in [2.45, 2.75) is 63.4 Å². The van der Waals surface area contributed by atoms with Crippen LogP contribution in [0.25, 0.3) is 0 Å². The van der Waals surface area contributed by atoms with E-state index < -0.39 is 12.7 Å². The third kappa shape index (κ3) is 4.05. The monoisotopic (exact) mass is 362 g/mol. The van der Waals surface area contributed by atoms with Crippen LogP contribution in [0.1, 0.15) is 39.0 Å². The zero-order valence-electron chi connectivity index (χ0n) is 15.0. The number of aliphatic imine (C=N–C) groups is 1. The molecular weight excluding hydrogens is 333 g/mol. The van der Waals surface area contributed by atoms with Crippen molar-refractivity contribution in [2.75, 3.05) is 33.3 Å². The molecule has 0 amide bonds. The van der Waals surface area contributed by atoms with Gasteiger partial charge in [-0.15, -0.1) is 0 Å². The van der Waals surface area contributed by atoms with E-state index in [0.29, 0.717) is 37.6 Å². The number of likely N-dealkylation sites (tertiary alicyclic amines) is 1. The Morgan fingerprint density at radius 2 is 2.08 bits per heavy atom. The van der Waals surface area contributed by atoms with E-state index in [9.17, 15) is 13.2 Å². The van der Waals surface area contributed by atoms with E-state index in [1.54, 1.807) is 7.05 Å². The van der Waals surface area contributed by atoms with Crippen molar-refractivity contribution in [3.8, 4) is 0 Å². The van der Waals surface area contributed by atoms with Gasteiger partial charge in [0, 0.05) is 44.2 Å². The maximum Gasteiger partial charge on any atom is 0.401 e. The van der Waals surface area contributed by atoms with E-state index in [4.69, 9.17) is 4.74 Å². The Kier molecular flexibility index (Phi) is 5.48. The number of nitrogens with zero attached hydrogens (tertiary/aromatic N) is 2. The summed E-state index contributed by atoms with van der Waals surface area (Å²) in [6.45, 7) is 2.80. The van der Waals surface area contributed by atoms with Crippen molar-refractivity contribution in [3.05, 3.63) is 0 Å². The number of rotatable bonds is 5. The summed E-state index contributed by atoms with van der Waals surface area (Å²) in [5.74, 6) is 0.699. The Balaban J connectivity index is 1.48. The molecule has 3 aliphatic rings. The van der Waals surface area contributed by atoms with Gasteiger partial charge in [-0.3, -0.25) is 9.89 Å². The molecule has 2 aliphatic carbocycles. The van der Waals surface area contributed by atoms with E-state index in [-0.39, 0.29) is 11.5 Å². The van der Waals surface area contributed by atoms with Crippen LogP contribution < -0.4 is 10.6 Å². The van der Waals surface area contributed by atoms with Crippen molar-refractivity contribution in [2.24, 2.45) is 10.4 Å². The highest BCUT2D eigenvalue weighted by atomic mass is 19.4. The Bertz CT molecular complexity index is 493. The average Bonchev–Trinajstić information content (AvgIpc) is 2.88. The molecule has 1 heterocycles. The summed E-state index contributed by atoms with van der Waals surface area (Å²) in [6.07, 6.45) is 1.46. The normalized spacial score (nSPS) is 32.4. The Morgan fingerprint density at radius 1 is 1.32 bits per heavy atom. The number of nitrogens with one attached hydrogen (secondary N) is 2. The maximum absolute atomic E-state index is 12.5. The van der Waals surface area contributed by atoms with Gasteiger partial charge in [-0.1, -0.05) is 6.42 Å². The molecule has 25 heavy (non-hydrogen) atoms. The molecule has 3 rings (SSSR count). The zero-order chi connectivity index (χ0) is 18.1. The molecule has 5 nitrogen and oxygen atoms in total. The van der Waals surface area contributed by atoms with E-state index in [1.165, 1.54) is 24.2 Å². The van der Waals surface area contributed by atoms with E-state index >= 15 is 0 Å². The van der Waals surface area contributed by atoms with E-state index in [1.807, 2.05) is 6.92 Å². The van der Waals surface area contributed by atoms with E-state index in [2.05, 4.69) is 15.6 Å². The van der Waals surface area contributed by atoms with Gasteiger partial charge in [-0.2, -0.15) is 13.2 Å². The van der Waals surface area contributed by atoms with Gasteiger partial charge in [0.05, 0.1) is 12.6 Å². The number of halogens is 3. The first-order valence-corrected chi connectivity index (χ1v) is 9.27. The molecule has 3 atom stereocenters. The largest absolute Gasteiger partial charge is 0.401 e. The molecule has 2 saturated carbocycles. The smallest absolute Gasteiger partial charge is 0.378 e. The lowest BCUT2D eigenvalue weighted by atomic mass is 9.51. The van der Waals surface area contributed by atoms with Gasteiger partial charge in [0.2, 0.25) is 0 Å². The summed E-state index contributed by atoms with van der Waals surface area (Å²) in [5.41, 5.74) is 0.228. The van der Waals surface area contributed by atoms with Crippen LogP contribution in [-0.2, 0) is 4.74 Å². The molecule has 144 valence electrons. The van der Waals surface area contributed by atoms with Crippen molar-refractivity contribution >= 4 is 5.96 Å². The van der Waals surface area contributed by atoms with Crippen LogP contribution in [0.3, 0.4) is 0 Å². The number of alkyl halides is 3. The minimum atomic E-state index is -4.13. The molecule has 0 aromatic heterocycles. The van der Waals surface area contributed by atoms with Crippen LogP contribution in [0.15, 0.2) is 4.99 Å². The predicted molar refractivity (Wildman–Crippen MR) is 90.6 cm³/mol. The van der Waals surface area contributed by atoms with Crippen molar-refractivity contribution < 1.29 is 17.9 Å². The highest BCUT2D eigenvalue weighted by Crippen LogP contribution is 2.57. The Morgan fingerprint density at radius 3 is 2.64 bits per heavy atom. The number of ether oxygens (including phenoxy) is 1. The third-order valence-electron chi connectivity index (χ3n) is 5.99. The molecule has 1 aliphatic heterocycles. The lowest BCUT2D eigenvalue weighted by Gasteiger charge is -2.61. The first-order valence-electron chi connectivity index (χ1n) is 9.27. The van der Waals surface area contributed by atoms with Crippen LogP contribution in [-0.4, -0.2) is 68.5 Å². The molecule has 2 N–H and O–H groups in total. The number of hydrogen-bond acceptors (Lipinski definition) is 3. The minimum absolute atomic E-state index is 0.00801. The second-order valence-electron chi connectivity index (χ2n) is 7.52. The van der Waals surface area contributed by atoms with Gasteiger partial charge in [0.15, 0.2) is 5.96 Å². The van der Waals surface area contributed by atoms with Gasteiger partial charge < -0.3 is 15.4 Å². The number of guanidine groups is 1. The molecule has 1 saturated heterocycles. The molecule has 0 radical (unpaired) electrons. The first-order chi connectivity index (χ1) is 11.9. The molecule has 0 bridgehead atoms. The van der Waals surface area contributed by atoms with Crippen LogP contribution in [0, 0.1) is 5.41 Å². The van der Waals surface area contributed by atoms with Gasteiger partial charge >= 0.3 is 6.18 Å². The van der Waals surface area contributed by atoms with Crippen molar-refractivity contribution in [1.29, 1.82) is 0 Å². The third-order valence-corrected chi connectivity index (χ3v) is 5.99. The van der Waals surface area contributed by atoms with Crippen LogP contribution in [0.5, 0.6) is 0 Å². The molecule has 1 spiro atoms. The summed E-state index contributed by atoms with van der Waals surface area (Å²) >= 11 is 0. The zero-order valence-corrected chi connectivity index (χ0v) is 15.0. The Hall–Kier alpha value is -1.02. The summed E-state index contributed by atoms with van der Waals surface area (Å²) in [6, 6.07) is 0.352. The predicted octanol–water partition coefficient (Wildman–Crippen LogP) is 2.14. The van der Waals surface area contributed by atoms with E-state index in [0.717, 1.165) is 13.0 Å². The fourth-order valence-corrected chi connectivity index (χ4v) is 4.52. The maximum atomic E-state index is 12.5. The van der Waals surface area contributed by atoms with Gasteiger partial charge in [0.25, 0.3) is 0 Å². The molecule has 3 unspecified atom stereocenters. The van der Waals surface area contributed by atoms with Crippen molar-refractivity contribution in [3.63, 3.8) is 0 Å². The van der Waals surface area contributed by atoms with Gasteiger partial charge in [-0.25, -0.2) is 0 Å². The van der Waals surface area contributed by atoms with Crippen LogP contribution in [0.2, 0.25) is 0 Å². The number of hydrogen-bond donors (Lipinski definition) is 2. The topological polar surface area (TPSA) is 48.9 Å². The summed E-state index contributed by atoms with van der Waals surface area (Å²) in [7, 11) is 1.71. The molecule has 3 fully saturated rings. The second-order valence-corrected chi connectivity index (χ2v) is 7.52. The molecule has 8 heteroatoms. The SMILES string of the molecule is CCOC1CC(NC(=NC)NC2CCN(CC(F)(F)F)C2)C12CCC2. The lowest BCUT2D eigenvalue weighted by molar-refractivity contribution is -0.168. The summed E-state index contributed by atoms with van der Waals surface area (Å²) in [4.78, 5) is 5.73. The van der Waals surface area contributed by atoms with Gasteiger partial charge in [0.1, 0.15) is 0 Å². The second kappa shape index (κ2) is 7.31. The Labute approximate surface area is 147 Å². The fraction of sp³-hybridized carbons (Fsp3) is 0.941. The standard InChI is InChI=1S/C17H29F3N4O/c1-3-25-14-9-13(16(14)6-4-7-16)23-15(21-2)22-12-5-8-24(10-12)11-17(18,19)20/h12-14H,3-11H2,1-2H3,(H2,21,22,23). The summed E-state index contributed by atoms with van der Waals surface area (Å²) < 4.78 is 43.4. The summed E-state index contributed by atoms with van der Waals surface area (Å²) in [5, 5.41) is 6.79. The highest BCUT2D eigenvalue weighted by Gasteiger charge is 2.59. The fourth-order valence-electron chi connectivity index (χ4n) is 4.52. The highest BCUT2D eigenvalue weighted by molar-refractivity contribution is 5.80. The van der Waals surface area contributed by atoms with Crippen LogP contribution in [0.4, 0.5) is 13.2 Å². The molecule has 0 aromatic rings. The quantitative estimate of drug-likeness (QED) is 0.581. The van der Waals surface area contributed by atoms with Gasteiger partial charge in [-0.05, 0) is 32.6 Å². The first kappa shape index (κ1) is 18.8. The van der Waals surface area contributed by atoms with Crippen LogP contribution >= 0.6 is 0 Å². The molecular formula is C17H29F3N4O. The average molecular weight is 362 g/mol. The van der Waals surface area contributed by atoms with Crippen molar-refractivity contribution in [1.82, 2.24) is 15.5 Å². The molecule has 0 aromatic carbocycles.